The van der Waals surface area contributed by atoms with Crippen LogP contribution in [0, 0.1) is 0 Å². The molecular weight excluding hydrogens is 380 g/mol. The van der Waals surface area contributed by atoms with Crippen LogP contribution in [0.5, 0.6) is 5.75 Å². The minimum Gasteiger partial charge on any atom is -0.462 e. The molecule has 0 amide bonds. The predicted molar refractivity (Wildman–Crippen MR) is 104 cm³/mol. The highest BCUT2D eigenvalue weighted by Crippen LogP contribution is 2.54. The third-order valence-corrected chi connectivity index (χ3v) is 5.84. The molecule has 128 valence electrons. The van der Waals surface area contributed by atoms with Gasteiger partial charge in [0.15, 0.2) is 0 Å². The van der Waals surface area contributed by atoms with Crippen LogP contribution in [0.1, 0.15) is 30.5 Å². The SMILES string of the molecule is CN1c2ccccc2C(C)(C)C12C=Cc1cc(Br)cc(/C=N/O)c1O2. The molecule has 5 heteroatoms. The van der Waals surface area contributed by atoms with E-state index in [1.165, 1.54) is 11.8 Å². The molecule has 4 rings (SSSR count). The van der Waals surface area contributed by atoms with Gasteiger partial charge in [0.05, 0.1) is 11.6 Å². The molecule has 0 aromatic heterocycles. The number of ether oxygens (including phenoxy) is 1. The van der Waals surface area contributed by atoms with Crippen molar-refractivity contribution in [2.75, 3.05) is 11.9 Å². The van der Waals surface area contributed by atoms with Crippen molar-refractivity contribution < 1.29 is 9.94 Å². The van der Waals surface area contributed by atoms with Crippen LogP contribution in [-0.2, 0) is 5.41 Å². The minimum atomic E-state index is -0.643. The standard InChI is InChI=1S/C20H19BrN2O2/c1-19(2)16-6-4-5-7-17(16)23(3)20(19)9-8-13-10-15(21)11-14(12-22-24)18(13)25-20/h4-12,24H,1-3H3/b22-12+. The maximum Gasteiger partial charge on any atom is 0.211 e. The van der Waals surface area contributed by atoms with E-state index in [-0.39, 0.29) is 5.41 Å². The molecule has 1 N–H and O–H groups in total. The normalized spacial score (nSPS) is 23.0. The summed E-state index contributed by atoms with van der Waals surface area (Å²) in [7, 11) is 2.06. The van der Waals surface area contributed by atoms with E-state index in [2.05, 4.69) is 77.2 Å². The van der Waals surface area contributed by atoms with Gasteiger partial charge in [-0.2, -0.15) is 0 Å². The molecule has 1 spiro atoms. The molecule has 2 aromatic carbocycles. The Morgan fingerprint density at radius 3 is 2.72 bits per heavy atom. The van der Waals surface area contributed by atoms with E-state index in [1.54, 1.807) is 0 Å². The summed E-state index contributed by atoms with van der Waals surface area (Å²) in [5.74, 6) is 0.719. The highest BCUT2D eigenvalue weighted by atomic mass is 79.9. The zero-order valence-corrected chi connectivity index (χ0v) is 15.9. The number of para-hydroxylation sites is 1. The van der Waals surface area contributed by atoms with E-state index in [1.807, 2.05) is 18.2 Å². The number of likely N-dealkylation sites (N-methyl/N-ethyl adjacent to an activating group) is 1. The summed E-state index contributed by atoms with van der Waals surface area (Å²) < 4.78 is 7.55. The molecule has 0 radical (unpaired) electrons. The number of benzene rings is 2. The Hall–Kier alpha value is -2.27. The quantitative estimate of drug-likeness (QED) is 0.426. The Balaban J connectivity index is 1.92. The number of fused-ring (bicyclic) bond motifs is 2. The average Bonchev–Trinajstić information content (AvgIpc) is 2.75. The second kappa shape index (κ2) is 5.36. The highest BCUT2D eigenvalue weighted by molar-refractivity contribution is 9.10. The number of hydrogen-bond acceptors (Lipinski definition) is 4. The molecule has 1 atom stereocenters. The van der Waals surface area contributed by atoms with Crippen LogP contribution < -0.4 is 9.64 Å². The Morgan fingerprint density at radius 2 is 2.00 bits per heavy atom. The van der Waals surface area contributed by atoms with Crippen LogP contribution in [0.15, 0.2) is 52.1 Å². The lowest BCUT2D eigenvalue weighted by molar-refractivity contribution is 0.0580. The minimum absolute atomic E-state index is 0.257. The first-order chi connectivity index (χ1) is 11.9. The smallest absolute Gasteiger partial charge is 0.211 e. The lowest BCUT2D eigenvalue weighted by atomic mass is 9.76. The summed E-state index contributed by atoms with van der Waals surface area (Å²) in [5, 5.41) is 12.2. The van der Waals surface area contributed by atoms with Crippen molar-refractivity contribution in [1.82, 2.24) is 0 Å². The Labute approximate surface area is 155 Å². The molecule has 2 aliphatic heterocycles. The van der Waals surface area contributed by atoms with E-state index in [9.17, 15) is 0 Å². The number of rotatable bonds is 1. The van der Waals surface area contributed by atoms with Crippen LogP contribution in [0.3, 0.4) is 0 Å². The second-order valence-electron chi connectivity index (χ2n) is 6.99. The molecule has 1 unspecified atom stereocenters. The van der Waals surface area contributed by atoms with Crippen molar-refractivity contribution in [3.8, 4) is 5.75 Å². The Morgan fingerprint density at radius 1 is 1.24 bits per heavy atom. The van der Waals surface area contributed by atoms with Crippen molar-refractivity contribution in [3.05, 3.63) is 63.6 Å². The number of oxime groups is 1. The molecule has 25 heavy (non-hydrogen) atoms. The summed E-state index contributed by atoms with van der Waals surface area (Å²) in [6.45, 7) is 4.40. The number of hydrogen-bond donors (Lipinski definition) is 1. The van der Waals surface area contributed by atoms with Crippen LogP contribution >= 0.6 is 15.9 Å². The summed E-state index contributed by atoms with van der Waals surface area (Å²) in [6, 6.07) is 12.3. The van der Waals surface area contributed by atoms with Gasteiger partial charge in [-0.25, -0.2) is 0 Å². The van der Waals surface area contributed by atoms with Gasteiger partial charge in [0, 0.05) is 28.3 Å². The highest BCUT2D eigenvalue weighted by Gasteiger charge is 2.57. The van der Waals surface area contributed by atoms with Crippen LogP contribution in [0.25, 0.3) is 6.08 Å². The van der Waals surface area contributed by atoms with Crippen LogP contribution in [-0.4, -0.2) is 24.2 Å². The van der Waals surface area contributed by atoms with Crippen LogP contribution in [0.4, 0.5) is 5.69 Å². The maximum atomic E-state index is 9.04. The number of nitrogens with zero attached hydrogens (tertiary/aromatic N) is 2. The van der Waals surface area contributed by atoms with Gasteiger partial charge in [-0.3, -0.25) is 0 Å². The van der Waals surface area contributed by atoms with Crippen molar-refractivity contribution in [1.29, 1.82) is 0 Å². The van der Waals surface area contributed by atoms with E-state index in [0.29, 0.717) is 0 Å². The van der Waals surface area contributed by atoms with Gasteiger partial charge in [-0.1, -0.05) is 39.3 Å². The molecule has 0 saturated carbocycles. The van der Waals surface area contributed by atoms with E-state index >= 15 is 0 Å². The van der Waals surface area contributed by atoms with Crippen molar-refractivity contribution in [2.24, 2.45) is 5.16 Å². The first-order valence-electron chi connectivity index (χ1n) is 8.13. The summed E-state index contributed by atoms with van der Waals surface area (Å²) >= 11 is 3.50. The summed E-state index contributed by atoms with van der Waals surface area (Å²) in [5.41, 5.74) is 3.20. The molecule has 2 aliphatic rings. The Bertz CT molecular complexity index is 920. The van der Waals surface area contributed by atoms with Gasteiger partial charge in [-0.15, -0.1) is 0 Å². The fourth-order valence-electron chi connectivity index (χ4n) is 4.03. The largest absolute Gasteiger partial charge is 0.462 e. The topological polar surface area (TPSA) is 45.1 Å². The number of anilines is 1. The molecule has 4 nitrogen and oxygen atoms in total. The third-order valence-electron chi connectivity index (χ3n) is 5.39. The number of halogens is 1. The molecular formula is C20H19BrN2O2. The molecule has 0 saturated heterocycles. The van der Waals surface area contributed by atoms with Gasteiger partial charge < -0.3 is 14.8 Å². The molecule has 0 fully saturated rings. The second-order valence-corrected chi connectivity index (χ2v) is 7.91. The fourth-order valence-corrected chi connectivity index (χ4v) is 4.52. The monoisotopic (exact) mass is 398 g/mol. The van der Waals surface area contributed by atoms with Crippen molar-refractivity contribution >= 4 is 33.9 Å². The zero-order chi connectivity index (χ0) is 17.8. The van der Waals surface area contributed by atoms with Crippen LogP contribution in [0.2, 0.25) is 0 Å². The lowest BCUT2D eigenvalue weighted by Crippen LogP contribution is -2.58. The van der Waals surface area contributed by atoms with E-state index in [4.69, 9.17) is 9.94 Å². The first kappa shape index (κ1) is 16.2. The van der Waals surface area contributed by atoms with E-state index < -0.39 is 5.72 Å². The fraction of sp³-hybridized carbons (Fsp3) is 0.250. The van der Waals surface area contributed by atoms with Gasteiger partial charge in [0.25, 0.3) is 0 Å². The summed E-state index contributed by atoms with van der Waals surface area (Å²) in [4.78, 5) is 2.18. The Kier molecular flexibility index (Phi) is 3.48. The first-order valence-corrected chi connectivity index (χ1v) is 8.92. The molecule has 0 aliphatic carbocycles. The van der Waals surface area contributed by atoms with Gasteiger partial charge in [0.1, 0.15) is 5.75 Å². The average molecular weight is 399 g/mol. The zero-order valence-electron chi connectivity index (χ0n) is 14.3. The van der Waals surface area contributed by atoms with Crippen molar-refractivity contribution in [2.45, 2.75) is 25.0 Å². The summed E-state index contributed by atoms with van der Waals surface area (Å²) in [6.07, 6.45) is 5.62. The molecule has 2 heterocycles. The lowest BCUT2D eigenvalue weighted by Gasteiger charge is -2.46. The maximum absolute atomic E-state index is 9.04. The molecule has 2 aromatic rings. The predicted octanol–water partition coefficient (Wildman–Crippen LogP) is 4.79. The van der Waals surface area contributed by atoms with Crippen molar-refractivity contribution in [3.63, 3.8) is 0 Å². The molecule has 0 bridgehead atoms. The van der Waals surface area contributed by atoms with Gasteiger partial charge in [-0.05, 0) is 49.8 Å². The van der Waals surface area contributed by atoms with Gasteiger partial charge in [0.2, 0.25) is 5.72 Å². The van der Waals surface area contributed by atoms with Gasteiger partial charge >= 0.3 is 0 Å². The third kappa shape index (κ3) is 2.08. The van der Waals surface area contributed by atoms with E-state index in [0.717, 1.165) is 27.0 Å².